The second kappa shape index (κ2) is 8.08. The number of hydrogen-bond donors (Lipinski definition) is 0. The van der Waals surface area contributed by atoms with E-state index in [4.69, 9.17) is 9.47 Å². The second-order valence-corrected chi connectivity index (χ2v) is 4.77. The Morgan fingerprint density at radius 3 is 2.04 bits per heavy atom. The van der Waals surface area contributed by atoms with Crippen molar-refractivity contribution >= 4 is 11.9 Å². The first-order chi connectivity index (χ1) is 11.2. The fraction of sp³-hybridized carbons (Fsp3) is 0.278. The Hall–Kier alpha value is -2.69. The third-order valence-corrected chi connectivity index (χ3v) is 3.25. The number of nitrogens with zero attached hydrogens (tertiary/aromatic N) is 1. The number of esters is 2. The van der Waals surface area contributed by atoms with Gasteiger partial charge in [-0.15, -0.1) is 0 Å². The van der Waals surface area contributed by atoms with Gasteiger partial charge in [0, 0.05) is 11.8 Å². The van der Waals surface area contributed by atoms with E-state index >= 15 is 0 Å². The molecule has 23 heavy (non-hydrogen) atoms. The Morgan fingerprint density at radius 1 is 0.957 bits per heavy atom. The van der Waals surface area contributed by atoms with E-state index in [1.165, 1.54) is 0 Å². The maximum atomic E-state index is 12.1. The molecule has 5 nitrogen and oxygen atoms in total. The van der Waals surface area contributed by atoms with Crippen molar-refractivity contribution in [1.82, 2.24) is 4.98 Å². The molecule has 0 atom stereocenters. The molecule has 2 aromatic rings. The highest BCUT2D eigenvalue weighted by atomic mass is 16.6. The molecule has 1 heterocycles. The number of carbonyl (C=O) groups excluding carboxylic acids is 2. The van der Waals surface area contributed by atoms with Gasteiger partial charge in [0.25, 0.3) is 0 Å². The van der Waals surface area contributed by atoms with Gasteiger partial charge in [0.15, 0.2) is 5.92 Å². The summed E-state index contributed by atoms with van der Waals surface area (Å²) in [5.74, 6) is -2.26. The number of pyridine rings is 1. The summed E-state index contributed by atoms with van der Waals surface area (Å²) in [5, 5.41) is 0. The fourth-order valence-corrected chi connectivity index (χ4v) is 2.20. The van der Waals surface area contributed by atoms with Crippen molar-refractivity contribution in [3.8, 4) is 11.3 Å². The highest BCUT2D eigenvalue weighted by molar-refractivity contribution is 6.00. The molecule has 0 radical (unpaired) electrons. The van der Waals surface area contributed by atoms with E-state index in [1.807, 2.05) is 30.3 Å². The van der Waals surface area contributed by atoms with Crippen LogP contribution in [-0.4, -0.2) is 30.1 Å². The van der Waals surface area contributed by atoms with Gasteiger partial charge < -0.3 is 9.47 Å². The summed E-state index contributed by atoms with van der Waals surface area (Å²) >= 11 is 0. The van der Waals surface area contributed by atoms with Gasteiger partial charge in [0.05, 0.1) is 18.9 Å². The zero-order valence-electron chi connectivity index (χ0n) is 13.2. The van der Waals surface area contributed by atoms with Crippen LogP contribution in [0.25, 0.3) is 11.3 Å². The molecule has 0 N–H and O–H groups in total. The SMILES string of the molecule is CCOC(=O)C(C(=O)OCC)c1ccc(-c2ccccn2)cc1. The largest absolute Gasteiger partial charge is 0.465 e. The molecule has 0 bridgehead atoms. The molecule has 0 unspecified atom stereocenters. The van der Waals surface area contributed by atoms with Crippen LogP contribution in [0.3, 0.4) is 0 Å². The van der Waals surface area contributed by atoms with Crippen molar-refractivity contribution in [2.75, 3.05) is 13.2 Å². The van der Waals surface area contributed by atoms with Crippen LogP contribution in [0.15, 0.2) is 48.7 Å². The first-order valence-corrected chi connectivity index (χ1v) is 7.52. The molecular formula is C18H19NO4. The molecule has 0 saturated carbocycles. The van der Waals surface area contributed by atoms with Gasteiger partial charge in [-0.05, 0) is 31.5 Å². The number of hydrogen-bond acceptors (Lipinski definition) is 5. The molecule has 0 aliphatic rings. The molecule has 120 valence electrons. The maximum absolute atomic E-state index is 12.1. The first kappa shape index (κ1) is 16.7. The summed E-state index contributed by atoms with van der Waals surface area (Å²) in [6.45, 7) is 3.82. The molecular weight excluding hydrogens is 294 g/mol. The van der Waals surface area contributed by atoms with E-state index in [0.29, 0.717) is 5.56 Å². The molecule has 5 heteroatoms. The Labute approximate surface area is 135 Å². The summed E-state index contributed by atoms with van der Waals surface area (Å²) in [6, 6.07) is 12.7. The number of benzene rings is 1. The Kier molecular flexibility index (Phi) is 5.86. The van der Waals surface area contributed by atoms with Crippen molar-refractivity contribution in [2.24, 2.45) is 0 Å². The van der Waals surface area contributed by atoms with Gasteiger partial charge in [-0.2, -0.15) is 0 Å². The summed E-state index contributed by atoms with van der Waals surface area (Å²) in [6.07, 6.45) is 1.71. The van der Waals surface area contributed by atoms with Gasteiger partial charge in [-0.1, -0.05) is 30.3 Å². The Morgan fingerprint density at radius 2 is 1.57 bits per heavy atom. The predicted octanol–water partition coefficient (Wildman–Crippen LogP) is 2.96. The molecule has 0 spiro atoms. The lowest BCUT2D eigenvalue weighted by Crippen LogP contribution is -2.26. The molecule has 1 aromatic carbocycles. The quantitative estimate of drug-likeness (QED) is 0.606. The van der Waals surface area contributed by atoms with Crippen LogP contribution in [0, 0.1) is 0 Å². The minimum atomic E-state index is -1.06. The normalized spacial score (nSPS) is 10.4. The highest BCUT2D eigenvalue weighted by Gasteiger charge is 2.31. The Bertz CT molecular complexity index is 634. The Balaban J connectivity index is 2.28. The molecule has 0 fully saturated rings. The van der Waals surface area contributed by atoms with Gasteiger partial charge >= 0.3 is 11.9 Å². The fourth-order valence-electron chi connectivity index (χ4n) is 2.20. The van der Waals surface area contributed by atoms with Crippen molar-refractivity contribution in [3.63, 3.8) is 0 Å². The maximum Gasteiger partial charge on any atom is 0.324 e. The summed E-state index contributed by atoms with van der Waals surface area (Å²) < 4.78 is 9.98. The van der Waals surface area contributed by atoms with E-state index < -0.39 is 17.9 Å². The van der Waals surface area contributed by atoms with Crippen molar-refractivity contribution in [3.05, 3.63) is 54.2 Å². The van der Waals surface area contributed by atoms with Gasteiger partial charge in [-0.25, -0.2) is 0 Å². The topological polar surface area (TPSA) is 65.5 Å². The summed E-state index contributed by atoms with van der Waals surface area (Å²) in [5.41, 5.74) is 2.27. The first-order valence-electron chi connectivity index (χ1n) is 7.52. The molecule has 0 aliphatic heterocycles. The van der Waals surface area contributed by atoms with Crippen LogP contribution < -0.4 is 0 Å². The zero-order chi connectivity index (χ0) is 16.7. The minimum absolute atomic E-state index is 0.209. The lowest BCUT2D eigenvalue weighted by Gasteiger charge is -2.15. The van der Waals surface area contributed by atoms with E-state index in [0.717, 1.165) is 11.3 Å². The summed E-state index contributed by atoms with van der Waals surface area (Å²) in [7, 11) is 0. The van der Waals surface area contributed by atoms with Crippen LogP contribution >= 0.6 is 0 Å². The number of aromatic nitrogens is 1. The predicted molar refractivity (Wildman–Crippen MR) is 85.7 cm³/mol. The van der Waals surface area contributed by atoms with Gasteiger partial charge in [0.2, 0.25) is 0 Å². The van der Waals surface area contributed by atoms with Crippen LogP contribution in [-0.2, 0) is 19.1 Å². The van der Waals surface area contributed by atoms with E-state index in [-0.39, 0.29) is 13.2 Å². The van der Waals surface area contributed by atoms with Crippen molar-refractivity contribution < 1.29 is 19.1 Å². The van der Waals surface area contributed by atoms with Gasteiger partial charge in [-0.3, -0.25) is 14.6 Å². The third kappa shape index (κ3) is 4.16. The lowest BCUT2D eigenvalue weighted by atomic mass is 9.97. The van der Waals surface area contributed by atoms with E-state index in [1.54, 1.807) is 32.2 Å². The number of ether oxygens (including phenoxy) is 2. The van der Waals surface area contributed by atoms with E-state index in [2.05, 4.69) is 4.98 Å². The molecule has 0 amide bonds. The van der Waals surface area contributed by atoms with Crippen molar-refractivity contribution in [1.29, 1.82) is 0 Å². The minimum Gasteiger partial charge on any atom is -0.465 e. The van der Waals surface area contributed by atoms with Crippen LogP contribution in [0.1, 0.15) is 25.3 Å². The molecule has 0 aliphatic carbocycles. The molecule has 0 saturated heterocycles. The van der Waals surface area contributed by atoms with Gasteiger partial charge in [0.1, 0.15) is 0 Å². The monoisotopic (exact) mass is 313 g/mol. The zero-order valence-corrected chi connectivity index (χ0v) is 13.2. The average molecular weight is 313 g/mol. The van der Waals surface area contributed by atoms with Crippen molar-refractivity contribution in [2.45, 2.75) is 19.8 Å². The second-order valence-electron chi connectivity index (χ2n) is 4.77. The van der Waals surface area contributed by atoms with E-state index in [9.17, 15) is 9.59 Å². The lowest BCUT2D eigenvalue weighted by molar-refractivity contribution is -0.156. The van der Waals surface area contributed by atoms with Crippen LogP contribution in [0.4, 0.5) is 0 Å². The molecule has 2 rings (SSSR count). The smallest absolute Gasteiger partial charge is 0.324 e. The highest BCUT2D eigenvalue weighted by Crippen LogP contribution is 2.23. The van der Waals surface area contributed by atoms with Crippen LogP contribution in [0.2, 0.25) is 0 Å². The third-order valence-electron chi connectivity index (χ3n) is 3.25. The molecule has 1 aromatic heterocycles. The summed E-state index contributed by atoms with van der Waals surface area (Å²) in [4.78, 5) is 28.4. The number of carbonyl (C=O) groups is 2. The van der Waals surface area contributed by atoms with Crippen LogP contribution in [0.5, 0.6) is 0 Å². The number of rotatable bonds is 6. The average Bonchev–Trinajstić information content (AvgIpc) is 2.57. The standard InChI is InChI=1S/C18H19NO4/c1-3-22-17(20)16(18(21)23-4-2)14-10-8-13(9-11-14)15-7-5-6-12-19-15/h5-12,16H,3-4H2,1-2H3.